The predicted molar refractivity (Wildman–Crippen MR) is 54.5 cm³/mol. The fourth-order valence-electron chi connectivity index (χ4n) is 1.45. The van der Waals surface area contributed by atoms with Gasteiger partial charge in [0.15, 0.2) is 0 Å². The number of aliphatic hydroxyl groups excluding tert-OH is 1. The van der Waals surface area contributed by atoms with Crippen molar-refractivity contribution in [2.45, 2.75) is 13.0 Å². The summed E-state index contributed by atoms with van der Waals surface area (Å²) in [7, 11) is 2.99. The summed E-state index contributed by atoms with van der Waals surface area (Å²) in [4.78, 5) is 0. The average molecular weight is 214 g/mol. The lowest BCUT2D eigenvalue weighted by molar-refractivity contribution is 0.181. The highest BCUT2D eigenvalue weighted by Gasteiger charge is 2.13. The van der Waals surface area contributed by atoms with Crippen molar-refractivity contribution in [1.82, 2.24) is 0 Å². The van der Waals surface area contributed by atoms with E-state index in [1.165, 1.54) is 14.2 Å². The van der Waals surface area contributed by atoms with Gasteiger partial charge in [-0.1, -0.05) is 6.07 Å². The summed E-state index contributed by atoms with van der Waals surface area (Å²) in [5.41, 5.74) is 0.872. The number of rotatable bonds is 5. The third kappa shape index (κ3) is 2.67. The maximum absolute atomic E-state index is 13.8. The lowest BCUT2D eigenvalue weighted by Crippen LogP contribution is -2.03. The molecule has 0 aliphatic heterocycles. The Hall–Kier alpha value is -1.13. The molecule has 1 N–H and O–H groups in total. The van der Waals surface area contributed by atoms with Crippen molar-refractivity contribution in [1.29, 1.82) is 0 Å². The molecule has 0 amide bonds. The van der Waals surface area contributed by atoms with Crippen LogP contribution in [0.2, 0.25) is 0 Å². The van der Waals surface area contributed by atoms with Crippen molar-refractivity contribution in [3.05, 3.63) is 29.1 Å². The maximum atomic E-state index is 13.8. The molecule has 0 aliphatic carbocycles. The fraction of sp³-hybridized carbons (Fsp3) is 0.455. The second kappa shape index (κ2) is 5.68. The highest BCUT2D eigenvalue weighted by atomic mass is 19.1. The Labute approximate surface area is 88.4 Å². The molecule has 0 bridgehead atoms. The molecule has 0 fully saturated rings. The Morgan fingerprint density at radius 1 is 1.33 bits per heavy atom. The zero-order valence-corrected chi connectivity index (χ0v) is 8.92. The first-order chi connectivity index (χ1) is 7.24. The van der Waals surface area contributed by atoms with E-state index >= 15 is 0 Å². The van der Waals surface area contributed by atoms with Crippen LogP contribution in [0.5, 0.6) is 5.75 Å². The van der Waals surface area contributed by atoms with Crippen molar-refractivity contribution in [2.24, 2.45) is 0 Å². The summed E-state index contributed by atoms with van der Waals surface area (Å²) in [5, 5.41) is 8.83. The van der Waals surface area contributed by atoms with Crippen LogP contribution >= 0.6 is 0 Å². The quantitative estimate of drug-likeness (QED) is 0.807. The monoisotopic (exact) mass is 214 g/mol. The maximum Gasteiger partial charge on any atom is 0.135 e. The van der Waals surface area contributed by atoms with E-state index in [0.29, 0.717) is 16.9 Å². The zero-order chi connectivity index (χ0) is 11.3. The molecule has 15 heavy (non-hydrogen) atoms. The van der Waals surface area contributed by atoms with Gasteiger partial charge in [0.2, 0.25) is 0 Å². The van der Waals surface area contributed by atoms with E-state index in [1.807, 2.05) is 0 Å². The van der Waals surface area contributed by atoms with Crippen LogP contribution in [0.25, 0.3) is 0 Å². The van der Waals surface area contributed by atoms with E-state index in [-0.39, 0.29) is 25.5 Å². The minimum Gasteiger partial charge on any atom is -0.496 e. The van der Waals surface area contributed by atoms with Crippen molar-refractivity contribution in [3.63, 3.8) is 0 Å². The number of hydrogen-bond acceptors (Lipinski definition) is 3. The lowest BCUT2D eigenvalue weighted by atomic mass is 10.1. The van der Waals surface area contributed by atoms with E-state index in [2.05, 4.69) is 0 Å². The number of benzene rings is 1. The lowest BCUT2D eigenvalue weighted by Gasteiger charge is -2.11. The Morgan fingerprint density at radius 3 is 2.60 bits per heavy atom. The highest BCUT2D eigenvalue weighted by molar-refractivity contribution is 5.39. The van der Waals surface area contributed by atoms with Crippen LogP contribution in [0.1, 0.15) is 11.1 Å². The van der Waals surface area contributed by atoms with Gasteiger partial charge in [0.1, 0.15) is 11.6 Å². The topological polar surface area (TPSA) is 38.7 Å². The normalized spacial score (nSPS) is 10.4. The number of aliphatic hydroxyl groups is 1. The summed E-state index contributed by atoms with van der Waals surface area (Å²) in [5.74, 6) is 0.103. The molecule has 0 spiro atoms. The summed E-state index contributed by atoms with van der Waals surface area (Å²) in [6, 6.07) is 3.31. The molecule has 0 unspecified atom stereocenters. The molecular formula is C11H15FO3. The van der Waals surface area contributed by atoms with Gasteiger partial charge in [-0.05, 0) is 6.07 Å². The van der Waals surface area contributed by atoms with Crippen LogP contribution in [0.3, 0.4) is 0 Å². The van der Waals surface area contributed by atoms with Gasteiger partial charge in [0, 0.05) is 31.3 Å². The Balaban J connectivity index is 3.10. The van der Waals surface area contributed by atoms with Crippen molar-refractivity contribution in [2.75, 3.05) is 20.8 Å². The number of halogens is 1. The second-order valence-corrected chi connectivity index (χ2v) is 3.13. The molecule has 0 atom stereocenters. The number of methoxy groups -OCH3 is 2. The smallest absolute Gasteiger partial charge is 0.135 e. The van der Waals surface area contributed by atoms with Crippen LogP contribution in [-0.4, -0.2) is 25.9 Å². The van der Waals surface area contributed by atoms with E-state index < -0.39 is 0 Å². The fourth-order valence-corrected chi connectivity index (χ4v) is 1.45. The third-order valence-electron chi connectivity index (χ3n) is 2.16. The van der Waals surface area contributed by atoms with Gasteiger partial charge >= 0.3 is 0 Å². The minimum absolute atomic E-state index is 0.107. The summed E-state index contributed by atoms with van der Waals surface area (Å²) in [6.45, 7) is 0.109. The Kier molecular flexibility index (Phi) is 4.52. The van der Waals surface area contributed by atoms with Crippen LogP contribution in [0, 0.1) is 5.82 Å². The van der Waals surface area contributed by atoms with E-state index in [0.717, 1.165) is 0 Å². The van der Waals surface area contributed by atoms with Crippen LogP contribution in [0.4, 0.5) is 4.39 Å². The number of hydrogen-bond donors (Lipinski definition) is 1. The molecule has 0 aromatic heterocycles. The largest absolute Gasteiger partial charge is 0.496 e. The summed E-state index contributed by atoms with van der Waals surface area (Å²) >= 11 is 0. The summed E-state index contributed by atoms with van der Waals surface area (Å²) in [6.07, 6.45) is 0.243. The second-order valence-electron chi connectivity index (χ2n) is 3.13. The van der Waals surface area contributed by atoms with E-state index in [4.69, 9.17) is 14.6 Å². The first-order valence-corrected chi connectivity index (χ1v) is 4.68. The minimum atomic E-state index is -0.356. The molecule has 1 rings (SSSR count). The van der Waals surface area contributed by atoms with Gasteiger partial charge in [-0.15, -0.1) is 0 Å². The van der Waals surface area contributed by atoms with Gasteiger partial charge in [0.05, 0.1) is 13.7 Å². The summed E-state index contributed by atoms with van der Waals surface area (Å²) < 4.78 is 23.7. The molecule has 0 saturated heterocycles. The van der Waals surface area contributed by atoms with E-state index in [9.17, 15) is 4.39 Å². The number of ether oxygens (including phenoxy) is 2. The van der Waals surface area contributed by atoms with E-state index in [1.54, 1.807) is 12.1 Å². The molecule has 0 radical (unpaired) electrons. The third-order valence-corrected chi connectivity index (χ3v) is 2.16. The highest BCUT2D eigenvalue weighted by Crippen LogP contribution is 2.25. The molecular weight excluding hydrogens is 199 g/mol. The molecule has 0 heterocycles. The SMILES string of the molecule is COCc1ccc(OC)c(CCO)c1F. The van der Waals surface area contributed by atoms with Gasteiger partial charge in [0.25, 0.3) is 0 Å². The predicted octanol–water partition coefficient (Wildman–Crippen LogP) is 1.52. The molecule has 0 aliphatic rings. The molecule has 0 saturated carbocycles. The van der Waals surface area contributed by atoms with Gasteiger partial charge in [-0.2, -0.15) is 0 Å². The standard InChI is InChI=1S/C11H15FO3/c1-14-7-8-3-4-10(15-2)9(5-6-13)11(8)12/h3-4,13H,5-7H2,1-2H3. The van der Waals surface area contributed by atoms with Crippen molar-refractivity contribution < 1.29 is 19.0 Å². The molecule has 3 nitrogen and oxygen atoms in total. The average Bonchev–Trinajstić information content (AvgIpc) is 2.25. The van der Waals surface area contributed by atoms with Crippen LogP contribution < -0.4 is 4.74 Å². The van der Waals surface area contributed by atoms with Gasteiger partial charge < -0.3 is 14.6 Å². The molecule has 1 aromatic carbocycles. The van der Waals surface area contributed by atoms with Crippen molar-refractivity contribution in [3.8, 4) is 5.75 Å². The Morgan fingerprint density at radius 2 is 2.07 bits per heavy atom. The van der Waals surface area contributed by atoms with Gasteiger partial charge in [-0.3, -0.25) is 0 Å². The molecule has 4 heteroatoms. The van der Waals surface area contributed by atoms with Crippen LogP contribution in [-0.2, 0) is 17.8 Å². The first kappa shape index (κ1) is 11.9. The first-order valence-electron chi connectivity index (χ1n) is 4.68. The Bertz CT molecular complexity index is 326. The zero-order valence-electron chi connectivity index (χ0n) is 8.92. The van der Waals surface area contributed by atoms with Crippen molar-refractivity contribution >= 4 is 0 Å². The van der Waals surface area contributed by atoms with Gasteiger partial charge in [-0.25, -0.2) is 4.39 Å². The van der Waals surface area contributed by atoms with Crippen LogP contribution in [0.15, 0.2) is 12.1 Å². The molecule has 1 aromatic rings. The molecule has 84 valence electrons.